The van der Waals surface area contributed by atoms with E-state index in [2.05, 4.69) is 22.0 Å². The van der Waals surface area contributed by atoms with Crippen LogP contribution in [-0.2, 0) is 4.79 Å². The first-order valence-corrected chi connectivity index (χ1v) is 8.25. The summed E-state index contributed by atoms with van der Waals surface area (Å²) in [5, 5.41) is 2.85. The molecular formula is C17H27FN4O. The number of piperazine rings is 1. The Morgan fingerprint density at radius 2 is 1.96 bits per heavy atom. The highest BCUT2D eigenvalue weighted by Crippen LogP contribution is 2.28. The molecule has 1 heterocycles. The fraction of sp³-hybridized carbons (Fsp3) is 0.588. The zero-order valence-corrected chi connectivity index (χ0v) is 14.2. The van der Waals surface area contributed by atoms with E-state index >= 15 is 0 Å². The normalized spacial score (nSPS) is 18.6. The molecule has 23 heavy (non-hydrogen) atoms. The van der Waals surface area contributed by atoms with E-state index < -0.39 is 6.04 Å². The number of benzene rings is 1. The van der Waals surface area contributed by atoms with Gasteiger partial charge in [-0.1, -0.05) is 6.92 Å². The average Bonchev–Trinajstić information content (AvgIpc) is 2.54. The minimum Gasteiger partial charge on any atom is -0.369 e. The van der Waals surface area contributed by atoms with E-state index in [4.69, 9.17) is 5.73 Å². The predicted molar refractivity (Wildman–Crippen MR) is 90.9 cm³/mol. The molecule has 1 aromatic carbocycles. The second-order valence-electron chi connectivity index (χ2n) is 6.14. The fourth-order valence-corrected chi connectivity index (χ4v) is 2.89. The Bertz CT molecular complexity index is 541. The second kappa shape index (κ2) is 7.75. The van der Waals surface area contributed by atoms with Crippen LogP contribution in [0.15, 0.2) is 18.2 Å². The Kier molecular flexibility index (Phi) is 5.96. The molecule has 128 valence electrons. The molecule has 0 radical (unpaired) electrons. The van der Waals surface area contributed by atoms with Gasteiger partial charge in [0.15, 0.2) is 0 Å². The van der Waals surface area contributed by atoms with Gasteiger partial charge in [-0.15, -0.1) is 0 Å². The van der Waals surface area contributed by atoms with E-state index in [1.54, 1.807) is 13.0 Å². The summed E-state index contributed by atoms with van der Waals surface area (Å²) in [5.74, 6) is -0.527. The van der Waals surface area contributed by atoms with Gasteiger partial charge in [0, 0.05) is 37.4 Å². The molecule has 5 nitrogen and oxygen atoms in total. The number of hydrogen-bond donors (Lipinski definition) is 2. The quantitative estimate of drug-likeness (QED) is 0.862. The molecule has 1 aliphatic rings. The summed E-state index contributed by atoms with van der Waals surface area (Å²) in [6.45, 7) is 10.5. The van der Waals surface area contributed by atoms with Crippen LogP contribution in [0.4, 0.5) is 10.1 Å². The largest absolute Gasteiger partial charge is 0.369 e. The van der Waals surface area contributed by atoms with Gasteiger partial charge in [0.05, 0.1) is 12.1 Å². The van der Waals surface area contributed by atoms with Crippen molar-refractivity contribution in [2.75, 3.05) is 37.6 Å². The molecule has 3 N–H and O–H groups in total. The van der Waals surface area contributed by atoms with Crippen molar-refractivity contribution in [2.24, 2.45) is 5.73 Å². The van der Waals surface area contributed by atoms with Gasteiger partial charge in [-0.3, -0.25) is 4.79 Å². The highest BCUT2D eigenvalue weighted by molar-refractivity contribution is 5.81. The summed E-state index contributed by atoms with van der Waals surface area (Å²) in [5.41, 5.74) is 7.38. The maximum atomic E-state index is 13.7. The molecule has 1 amide bonds. The van der Waals surface area contributed by atoms with E-state index in [1.165, 1.54) is 12.1 Å². The van der Waals surface area contributed by atoms with Crippen LogP contribution in [-0.4, -0.2) is 49.6 Å². The Morgan fingerprint density at radius 3 is 2.52 bits per heavy atom. The highest BCUT2D eigenvalue weighted by atomic mass is 19.1. The van der Waals surface area contributed by atoms with Gasteiger partial charge in [-0.2, -0.15) is 0 Å². The van der Waals surface area contributed by atoms with E-state index in [1.807, 2.05) is 6.92 Å². The van der Waals surface area contributed by atoms with E-state index in [0.29, 0.717) is 0 Å². The number of anilines is 1. The van der Waals surface area contributed by atoms with Gasteiger partial charge in [0.2, 0.25) is 5.91 Å². The van der Waals surface area contributed by atoms with Crippen LogP contribution >= 0.6 is 0 Å². The molecular weight excluding hydrogens is 295 g/mol. The Labute approximate surface area is 137 Å². The lowest BCUT2D eigenvalue weighted by Crippen LogP contribution is -2.47. The molecule has 1 aromatic rings. The summed E-state index contributed by atoms with van der Waals surface area (Å²) >= 11 is 0. The van der Waals surface area contributed by atoms with Gasteiger partial charge in [0.1, 0.15) is 5.82 Å². The van der Waals surface area contributed by atoms with Crippen LogP contribution in [0.2, 0.25) is 0 Å². The number of carbonyl (C=O) groups is 1. The van der Waals surface area contributed by atoms with Crippen molar-refractivity contribution >= 4 is 11.6 Å². The Morgan fingerprint density at radius 1 is 1.30 bits per heavy atom. The third-order valence-electron chi connectivity index (χ3n) is 4.39. The zero-order chi connectivity index (χ0) is 17.0. The first-order chi connectivity index (χ1) is 10.9. The summed E-state index contributed by atoms with van der Waals surface area (Å²) in [7, 11) is 0. The van der Waals surface area contributed by atoms with Crippen LogP contribution in [0.3, 0.4) is 0 Å². The molecule has 1 fully saturated rings. The third-order valence-corrected chi connectivity index (χ3v) is 4.39. The second-order valence-corrected chi connectivity index (χ2v) is 6.14. The summed E-state index contributed by atoms with van der Waals surface area (Å²) in [6.07, 6.45) is 0. The molecule has 0 aliphatic carbocycles. The SMILES string of the molecule is CCN1CCN(c2ccc(F)cc2C(C)NC(=O)[C@@H](C)N)CC1. The number of nitrogens with one attached hydrogen (secondary N) is 1. The molecule has 2 rings (SSSR count). The minimum absolute atomic E-state index is 0.233. The first-order valence-electron chi connectivity index (χ1n) is 8.25. The molecule has 0 aromatic heterocycles. The van der Waals surface area contributed by atoms with Crippen molar-refractivity contribution in [3.63, 3.8) is 0 Å². The molecule has 0 spiro atoms. The highest BCUT2D eigenvalue weighted by Gasteiger charge is 2.22. The van der Waals surface area contributed by atoms with Gasteiger partial charge < -0.3 is 20.9 Å². The number of halogens is 1. The topological polar surface area (TPSA) is 61.6 Å². The molecule has 1 saturated heterocycles. The van der Waals surface area contributed by atoms with Gasteiger partial charge >= 0.3 is 0 Å². The molecule has 0 saturated carbocycles. The number of nitrogens with two attached hydrogens (primary N) is 1. The van der Waals surface area contributed by atoms with E-state index in [-0.39, 0.29) is 17.8 Å². The number of carbonyl (C=O) groups excluding carboxylic acids is 1. The van der Waals surface area contributed by atoms with E-state index in [0.717, 1.165) is 44.0 Å². The van der Waals surface area contributed by atoms with Crippen molar-refractivity contribution in [3.05, 3.63) is 29.6 Å². The summed E-state index contributed by atoms with van der Waals surface area (Å²) < 4.78 is 13.7. The first kappa shape index (κ1) is 17.7. The van der Waals surface area contributed by atoms with Crippen molar-refractivity contribution in [1.82, 2.24) is 10.2 Å². The monoisotopic (exact) mass is 322 g/mol. The maximum Gasteiger partial charge on any atom is 0.237 e. The standard InChI is InChI=1S/C17H27FN4O/c1-4-21-7-9-22(10-8-21)16-6-5-14(18)11-15(16)13(3)20-17(23)12(2)19/h5-6,11-13H,4,7-10,19H2,1-3H3,(H,20,23)/t12-,13?/m1/s1. The molecule has 6 heteroatoms. The molecule has 0 bridgehead atoms. The van der Waals surface area contributed by atoms with Gasteiger partial charge in [-0.25, -0.2) is 4.39 Å². The summed E-state index contributed by atoms with van der Waals surface area (Å²) in [6, 6.07) is 3.92. The fourth-order valence-electron chi connectivity index (χ4n) is 2.89. The van der Waals surface area contributed by atoms with Crippen molar-refractivity contribution in [2.45, 2.75) is 32.9 Å². The molecule has 1 aliphatic heterocycles. The van der Waals surface area contributed by atoms with Crippen molar-refractivity contribution in [3.8, 4) is 0 Å². The van der Waals surface area contributed by atoms with Crippen LogP contribution in [0.1, 0.15) is 32.4 Å². The number of nitrogens with zero attached hydrogens (tertiary/aromatic N) is 2. The average molecular weight is 322 g/mol. The van der Waals surface area contributed by atoms with Crippen LogP contribution in [0.5, 0.6) is 0 Å². The van der Waals surface area contributed by atoms with Gasteiger partial charge in [0.25, 0.3) is 0 Å². The predicted octanol–water partition coefficient (Wildman–Crippen LogP) is 1.49. The number of hydrogen-bond acceptors (Lipinski definition) is 4. The summed E-state index contributed by atoms with van der Waals surface area (Å²) in [4.78, 5) is 16.5. The smallest absolute Gasteiger partial charge is 0.237 e. The zero-order valence-electron chi connectivity index (χ0n) is 14.2. The van der Waals surface area contributed by atoms with Crippen molar-refractivity contribution in [1.29, 1.82) is 0 Å². The lowest BCUT2D eigenvalue weighted by atomic mass is 10.0. The minimum atomic E-state index is -0.581. The van der Waals surface area contributed by atoms with Crippen molar-refractivity contribution < 1.29 is 9.18 Å². The maximum absolute atomic E-state index is 13.7. The third kappa shape index (κ3) is 4.42. The van der Waals surface area contributed by atoms with Gasteiger partial charge in [-0.05, 0) is 38.6 Å². The Balaban J connectivity index is 2.19. The number of likely N-dealkylation sites (N-methyl/N-ethyl adjacent to an activating group) is 1. The van der Waals surface area contributed by atoms with E-state index in [9.17, 15) is 9.18 Å². The number of amides is 1. The lowest BCUT2D eigenvalue weighted by Gasteiger charge is -2.37. The van der Waals surface area contributed by atoms with Crippen LogP contribution in [0, 0.1) is 5.82 Å². The Hall–Kier alpha value is -1.66. The van der Waals surface area contributed by atoms with Crippen LogP contribution in [0.25, 0.3) is 0 Å². The molecule has 1 unspecified atom stereocenters. The number of rotatable bonds is 5. The lowest BCUT2D eigenvalue weighted by molar-refractivity contribution is -0.122. The van der Waals surface area contributed by atoms with Crippen LogP contribution < -0.4 is 16.0 Å². The molecule has 2 atom stereocenters.